The number of fused-ring (bicyclic) bond motifs is 1. The molecule has 5 nitrogen and oxygen atoms in total. The van der Waals surface area contributed by atoms with Gasteiger partial charge in [-0.15, -0.1) is 0 Å². The lowest BCUT2D eigenvalue weighted by Gasteiger charge is -2.32. The summed E-state index contributed by atoms with van der Waals surface area (Å²) in [6.45, 7) is 0. The summed E-state index contributed by atoms with van der Waals surface area (Å²) < 4.78 is 12.8. The van der Waals surface area contributed by atoms with E-state index in [2.05, 4.69) is 20.8 Å². The Hall–Kier alpha value is -2.24. The zero-order valence-electron chi connectivity index (χ0n) is 11.6. The highest BCUT2D eigenvalue weighted by atomic mass is 19.1. The van der Waals surface area contributed by atoms with E-state index in [1.807, 2.05) is 0 Å². The van der Waals surface area contributed by atoms with Crippen LogP contribution >= 0.6 is 0 Å². The van der Waals surface area contributed by atoms with Crippen molar-refractivity contribution in [3.05, 3.63) is 30.1 Å². The van der Waals surface area contributed by atoms with E-state index in [1.54, 1.807) is 12.1 Å². The van der Waals surface area contributed by atoms with Crippen LogP contribution in [-0.2, 0) is 4.79 Å². The molecule has 1 heterocycles. The van der Waals surface area contributed by atoms with Crippen molar-refractivity contribution in [2.45, 2.75) is 37.8 Å². The molecular weight excluding hydrogens is 271 g/mol. The lowest BCUT2D eigenvalue weighted by molar-refractivity contribution is -0.116. The van der Waals surface area contributed by atoms with Crippen molar-refractivity contribution in [3.8, 4) is 0 Å². The smallest absolute Gasteiger partial charge is 0.271 e. The molecule has 2 aliphatic rings. The summed E-state index contributed by atoms with van der Waals surface area (Å²) in [7, 11) is 0. The highest BCUT2D eigenvalue weighted by Crippen LogP contribution is 2.23. The van der Waals surface area contributed by atoms with Crippen molar-refractivity contribution in [3.63, 3.8) is 0 Å². The van der Waals surface area contributed by atoms with Crippen molar-refractivity contribution in [2.75, 3.05) is 5.43 Å². The van der Waals surface area contributed by atoms with Crippen LogP contribution in [0.1, 0.15) is 25.7 Å². The number of amides is 1. The minimum atomic E-state index is -0.302. The molecule has 0 bridgehead atoms. The Morgan fingerprint density at radius 3 is 2.86 bits per heavy atom. The molecule has 1 saturated carbocycles. The van der Waals surface area contributed by atoms with Crippen LogP contribution < -0.4 is 10.7 Å². The molecular formula is C15H17FN4O. The third-order valence-corrected chi connectivity index (χ3v) is 3.81. The SMILES string of the molecule is O=C1NC2CCCCC2N=C1/C=N/Nc1ccc(F)cc1. The van der Waals surface area contributed by atoms with Crippen LogP contribution in [0.25, 0.3) is 0 Å². The maximum Gasteiger partial charge on any atom is 0.271 e. The van der Waals surface area contributed by atoms with Crippen molar-refractivity contribution < 1.29 is 9.18 Å². The summed E-state index contributed by atoms with van der Waals surface area (Å²) in [5.41, 5.74) is 3.75. The molecule has 0 aromatic heterocycles. The third kappa shape index (κ3) is 3.26. The second-order valence-corrected chi connectivity index (χ2v) is 5.32. The standard InChI is InChI=1S/C15H17FN4O/c16-10-5-7-11(8-6-10)20-17-9-14-15(21)19-13-4-2-1-3-12(13)18-14/h5-9,12-13,20H,1-4H2,(H,19,21)/b17-9+. The Labute approximate surface area is 122 Å². The van der Waals surface area contributed by atoms with Crippen molar-refractivity contribution in [2.24, 2.45) is 10.1 Å². The number of hydrazone groups is 1. The molecule has 2 atom stereocenters. The number of halogens is 1. The Balaban J connectivity index is 1.65. The summed E-state index contributed by atoms with van der Waals surface area (Å²) in [6.07, 6.45) is 5.72. The fourth-order valence-corrected chi connectivity index (χ4v) is 2.70. The fraction of sp³-hybridized carbons (Fsp3) is 0.400. The molecule has 1 aromatic carbocycles. The normalized spacial score (nSPS) is 25.2. The molecule has 1 fully saturated rings. The number of rotatable bonds is 3. The van der Waals surface area contributed by atoms with Gasteiger partial charge in [-0.3, -0.25) is 15.2 Å². The summed E-state index contributed by atoms with van der Waals surface area (Å²) in [5.74, 6) is -0.480. The number of anilines is 1. The average Bonchev–Trinajstić information content (AvgIpc) is 2.50. The van der Waals surface area contributed by atoms with Crippen molar-refractivity contribution in [1.29, 1.82) is 0 Å². The molecule has 21 heavy (non-hydrogen) atoms. The van der Waals surface area contributed by atoms with Crippen LogP contribution in [0.3, 0.4) is 0 Å². The van der Waals surface area contributed by atoms with Crippen molar-refractivity contribution >= 4 is 23.5 Å². The Bertz CT molecular complexity index is 582. The molecule has 2 N–H and O–H groups in total. The summed E-state index contributed by atoms with van der Waals surface area (Å²) in [5, 5.41) is 6.98. The van der Waals surface area contributed by atoms with Gasteiger partial charge in [-0.2, -0.15) is 5.10 Å². The summed E-state index contributed by atoms with van der Waals surface area (Å²) >= 11 is 0. The Morgan fingerprint density at radius 1 is 1.29 bits per heavy atom. The number of nitrogens with one attached hydrogen (secondary N) is 2. The lowest BCUT2D eigenvalue weighted by Crippen LogP contribution is -2.51. The van der Waals surface area contributed by atoms with Gasteiger partial charge in [0.05, 0.1) is 24.0 Å². The van der Waals surface area contributed by atoms with E-state index in [-0.39, 0.29) is 23.8 Å². The first-order valence-electron chi connectivity index (χ1n) is 7.16. The first kappa shape index (κ1) is 13.7. The maximum absolute atomic E-state index is 12.8. The molecule has 0 radical (unpaired) electrons. The van der Waals surface area contributed by atoms with Crippen LogP contribution in [0.2, 0.25) is 0 Å². The quantitative estimate of drug-likeness (QED) is 0.661. The molecule has 3 rings (SSSR count). The first-order valence-corrected chi connectivity index (χ1v) is 7.16. The van der Waals surface area contributed by atoms with Crippen LogP contribution in [-0.4, -0.2) is 29.9 Å². The number of nitrogens with zero attached hydrogens (tertiary/aromatic N) is 2. The molecule has 0 spiro atoms. The predicted octanol–water partition coefficient (Wildman–Crippen LogP) is 2.11. The monoisotopic (exact) mass is 288 g/mol. The van der Waals surface area contributed by atoms with Crippen molar-refractivity contribution in [1.82, 2.24) is 5.32 Å². The van der Waals surface area contributed by atoms with Crippen LogP contribution in [0.15, 0.2) is 34.4 Å². The van der Waals surface area contributed by atoms with Gasteiger partial charge >= 0.3 is 0 Å². The zero-order valence-corrected chi connectivity index (χ0v) is 11.6. The van der Waals surface area contributed by atoms with Crippen LogP contribution in [0, 0.1) is 5.82 Å². The maximum atomic E-state index is 12.8. The van der Waals surface area contributed by atoms with Gasteiger partial charge in [0, 0.05) is 0 Å². The molecule has 1 aliphatic carbocycles. The molecule has 0 saturated heterocycles. The van der Waals surface area contributed by atoms with E-state index in [1.165, 1.54) is 18.3 Å². The lowest BCUT2D eigenvalue weighted by atomic mass is 9.89. The molecule has 1 aliphatic heterocycles. The van der Waals surface area contributed by atoms with E-state index in [0.29, 0.717) is 11.4 Å². The van der Waals surface area contributed by atoms with Gasteiger partial charge in [0.2, 0.25) is 0 Å². The molecule has 110 valence electrons. The number of aliphatic imine (C=N–C) groups is 1. The number of carbonyl (C=O) groups excluding carboxylic acids is 1. The first-order chi connectivity index (χ1) is 10.2. The largest absolute Gasteiger partial charge is 0.346 e. The molecule has 1 amide bonds. The van der Waals surface area contributed by atoms with Gasteiger partial charge in [-0.05, 0) is 37.1 Å². The molecule has 6 heteroatoms. The fourth-order valence-electron chi connectivity index (χ4n) is 2.70. The number of hydrogen-bond acceptors (Lipinski definition) is 4. The van der Waals surface area contributed by atoms with E-state index in [4.69, 9.17) is 0 Å². The van der Waals surface area contributed by atoms with Gasteiger partial charge in [-0.25, -0.2) is 4.39 Å². The van der Waals surface area contributed by atoms with Crippen LogP contribution in [0.4, 0.5) is 10.1 Å². The third-order valence-electron chi connectivity index (χ3n) is 3.81. The van der Waals surface area contributed by atoms with E-state index in [9.17, 15) is 9.18 Å². The minimum absolute atomic E-state index is 0.170. The zero-order chi connectivity index (χ0) is 14.7. The highest BCUT2D eigenvalue weighted by molar-refractivity contribution is 6.61. The van der Waals surface area contributed by atoms with E-state index in [0.717, 1.165) is 25.7 Å². The predicted molar refractivity (Wildman–Crippen MR) is 80.1 cm³/mol. The second-order valence-electron chi connectivity index (χ2n) is 5.32. The summed E-state index contributed by atoms with van der Waals surface area (Å²) in [6, 6.07) is 6.18. The summed E-state index contributed by atoms with van der Waals surface area (Å²) in [4.78, 5) is 16.4. The highest BCUT2D eigenvalue weighted by Gasteiger charge is 2.31. The van der Waals surface area contributed by atoms with Gasteiger partial charge in [0.25, 0.3) is 5.91 Å². The molecule has 2 unspecified atom stereocenters. The van der Waals surface area contributed by atoms with Crippen LogP contribution in [0.5, 0.6) is 0 Å². The number of benzene rings is 1. The van der Waals surface area contributed by atoms with E-state index < -0.39 is 0 Å². The van der Waals surface area contributed by atoms with Gasteiger partial charge in [0.15, 0.2) is 0 Å². The Kier molecular flexibility index (Phi) is 3.94. The van der Waals surface area contributed by atoms with Gasteiger partial charge in [0.1, 0.15) is 11.5 Å². The topological polar surface area (TPSA) is 65.8 Å². The van der Waals surface area contributed by atoms with E-state index >= 15 is 0 Å². The number of carbonyl (C=O) groups is 1. The second kappa shape index (κ2) is 6.03. The molecule has 1 aromatic rings. The minimum Gasteiger partial charge on any atom is -0.346 e. The number of hydrogen-bond donors (Lipinski definition) is 2. The van der Waals surface area contributed by atoms with Gasteiger partial charge < -0.3 is 5.32 Å². The average molecular weight is 288 g/mol. The van der Waals surface area contributed by atoms with Gasteiger partial charge in [-0.1, -0.05) is 12.8 Å². The Morgan fingerprint density at radius 2 is 2.05 bits per heavy atom.